The van der Waals surface area contributed by atoms with Gasteiger partial charge in [-0.1, -0.05) is 0 Å². The number of imidazole rings is 1. The molecule has 1 fully saturated rings. The van der Waals surface area contributed by atoms with Gasteiger partial charge in [-0.05, 0) is 44.0 Å². The van der Waals surface area contributed by atoms with Crippen LogP contribution in [0.3, 0.4) is 0 Å². The number of nitrogens with zero attached hydrogens (tertiary/aromatic N) is 5. The first-order valence-corrected chi connectivity index (χ1v) is 10.7. The summed E-state index contributed by atoms with van der Waals surface area (Å²) < 4.78 is 14.4. The quantitative estimate of drug-likeness (QED) is 0.433. The van der Waals surface area contributed by atoms with E-state index >= 15 is 0 Å². The SMILES string of the molecule is COc1ccc(NC(=O)c2cc(C)nn2C)cc1Oc1ccc2nc(NC(=O)C3CC3)cn2n1. The summed E-state index contributed by atoms with van der Waals surface area (Å²) >= 11 is 0. The number of anilines is 2. The van der Waals surface area contributed by atoms with E-state index in [1.54, 1.807) is 49.6 Å². The fraction of sp³-hybridized carbons (Fsp3) is 0.261. The number of aryl methyl sites for hydroxylation is 2. The summed E-state index contributed by atoms with van der Waals surface area (Å²) in [7, 11) is 3.24. The molecule has 2 amide bonds. The fourth-order valence-corrected chi connectivity index (χ4v) is 3.52. The number of carbonyl (C=O) groups excluding carboxylic acids is 2. The van der Waals surface area contributed by atoms with Gasteiger partial charge in [0.25, 0.3) is 5.91 Å². The molecule has 34 heavy (non-hydrogen) atoms. The third-order valence-corrected chi connectivity index (χ3v) is 5.37. The Labute approximate surface area is 194 Å². The van der Waals surface area contributed by atoms with Crippen LogP contribution in [0.4, 0.5) is 11.5 Å². The van der Waals surface area contributed by atoms with Gasteiger partial charge in [-0.2, -0.15) is 5.10 Å². The maximum atomic E-state index is 12.6. The van der Waals surface area contributed by atoms with Crippen molar-refractivity contribution >= 4 is 29.0 Å². The molecule has 5 rings (SSSR count). The molecule has 1 saturated carbocycles. The number of amides is 2. The summed E-state index contributed by atoms with van der Waals surface area (Å²) in [6.45, 7) is 1.82. The van der Waals surface area contributed by atoms with Gasteiger partial charge in [-0.3, -0.25) is 14.3 Å². The van der Waals surface area contributed by atoms with Crippen molar-refractivity contribution in [1.82, 2.24) is 24.4 Å². The molecule has 174 valence electrons. The Morgan fingerprint density at radius 3 is 2.59 bits per heavy atom. The van der Waals surface area contributed by atoms with Crippen LogP contribution in [0.15, 0.2) is 42.6 Å². The van der Waals surface area contributed by atoms with Crippen LogP contribution >= 0.6 is 0 Å². The van der Waals surface area contributed by atoms with Crippen LogP contribution in [0.2, 0.25) is 0 Å². The Kier molecular flexibility index (Phi) is 5.36. The number of rotatable bonds is 7. The number of carbonyl (C=O) groups is 2. The van der Waals surface area contributed by atoms with Crippen LogP contribution in [-0.2, 0) is 11.8 Å². The first kappa shape index (κ1) is 21.4. The van der Waals surface area contributed by atoms with Crippen molar-refractivity contribution in [2.75, 3.05) is 17.7 Å². The van der Waals surface area contributed by atoms with Crippen molar-refractivity contribution in [2.45, 2.75) is 19.8 Å². The molecular weight excluding hydrogens is 438 g/mol. The van der Waals surface area contributed by atoms with Gasteiger partial charge in [0, 0.05) is 30.8 Å². The van der Waals surface area contributed by atoms with Crippen LogP contribution in [0.1, 0.15) is 29.0 Å². The Balaban J connectivity index is 1.35. The summed E-state index contributed by atoms with van der Waals surface area (Å²) in [5.74, 6) is 1.33. The summed E-state index contributed by atoms with van der Waals surface area (Å²) in [5.41, 5.74) is 2.28. The lowest BCUT2D eigenvalue weighted by Crippen LogP contribution is -2.16. The predicted molar refractivity (Wildman–Crippen MR) is 123 cm³/mol. The summed E-state index contributed by atoms with van der Waals surface area (Å²) in [5, 5.41) is 14.3. The minimum absolute atomic E-state index is 0.0234. The van der Waals surface area contributed by atoms with Crippen molar-refractivity contribution in [2.24, 2.45) is 13.0 Å². The molecule has 3 heterocycles. The van der Waals surface area contributed by atoms with E-state index in [9.17, 15) is 9.59 Å². The van der Waals surface area contributed by atoms with Crippen molar-refractivity contribution in [3.8, 4) is 17.4 Å². The molecular formula is C23H23N7O4. The topological polar surface area (TPSA) is 125 Å². The van der Waals surface area contributed by atoms with Gasteiger partial charge >= 0.3 is 0 Å². The average Bonchev–Trinajstić information content (AvgIpc) is 3.50. The normalized spacial score (nSPS) is 13.0. The van der Waals surface area contributed by atoms with Crippen LogP contribution in [0, 0.1) is 12.8 Å². The zero-order valence-electron chi connectivity index (χ0n) is 18.9. The number of hydrogen-bond donors (Lipinski definition) is 2. The summed E-state index contributed by atoms with van der Waals surface area (Å²) in [4.78, 5) is 29.0. The first-order chi connectivity index (χ1) is 16.4. The second-order valence-electron chi connectivity index (χ2n) is 8.08. The highest BCUT2D eigenvalue weighted by Crippen LogP contribution is 2.34. The average molecular weight is 461 g/mol. The molecule has 3 aromatic heterocycles. The lowest BCUT2D eigenvalue weighted by molar-refractivity contribution is -0.117. The minimum atomic E-state index is -0.294. The molecule has 0 spiro atoms. The molecule has 0 aliphatic heterocycles. The second kappa shape index (κ2) is 8.50. The Bertz CT molecular complexity index is 1400. The van der Waals surface area contributed by atoms with Crippen molar-refractivity contribution < 1.29 is 19.1 Å². The summed E-state index contributed by atoms with van der Waals surface area (Å²) in [6.07, 6.45) is 3.46. The number of ether oxygens (including phenoxy) is 2. The van der Waals surface area contributed by atoms with Crippen LogP contribution < -0.4 is 20.1 Å². The highest BCUT2D eigenvalue weighted by atomic mass is 16.5. The zero-order valence-corrected chi connectivity index (χ0v) is 18.9. The highest BCUT2D eigenvalue weighted by Gasteiger charge is 2.30. The van der Waals surface area contributed by atoms with E-state index in [2.05, 4.69) is 25.8 Å². The van der Waals surface area contributed by atoms with E-state index in [4.69, 9.17) is 9.47 Å². The molecule has 1 aliphatic rings. The van der Waals surface area contributed by atoms with Crippen molar-refractivity contribution in [1.29, 1.82) is 0 Å². The van der Waals surface area contributed by atoms with Crippen molar-refractivity contribution in [3.63, 3.8) is 0 Å². The monoisotopic (exact) mass is 461 g/mol. The first-order valence-electron chi connectivity index (χ1n) is 10.7. The number of benzene rings is 1. The lowest BCUT2D eigenvalue weighted by Gasteiger charge is -2.12. The Morgan fingerprint density at radius 1 is 1.06 bits per heavy atom. The molecule has 0 radical (unpaired) electrons. The minimum Gasteiger partial charge on any atom is -0.493 e. The van der Waals surface area contributed by atoms with Gasteiger partial charge in [0.15, 0.2) is 23.0 Å². The van der Waals surface area contributed by atoms with E-state index < -0.39 is 0 Å². The third kappa shape index (κ3) is 4.40. The second-order valence-corrected chi connectivity index (χ2v) is 8.08. The smallest absolute Gasteiger partial charge is 0.273 e. The Morgan fingerprint density at radius 2 is 1.88 bits per heavy atom. The van der Waals surface area contributed by atoms with E-state index in [0.717, 1.165) is 18.5 Å². The molecule has 0 saturated heterocycles. The number of fused-ring (bicyclic) bond motifs is 1. The highest BCUT2D eigenvalue weighted by molar-refractivity contribution is 6.03. The van der Waals surface area contributed by atoms with E-state index in [1.807, 2.05) is 6.92 Å². The van der Waals surface area contributed by atoms with Gasteiger partial charge in [0.2, 0.25) is 11.8 Å². The molecule has 11 nitrogen and oxygen atoms in total. The van der Waals surface area contributed by atoms with Crippen molar-refractivity contribution in [3.05, 3.63) is 54.0 Å². The molecule has 4 aromatic rings. The molecule has 0 bridgehead atoms. The molecule has 1 aliphatic carbocycles. The maximum absolute atomic E-state index is 12.6. The number of hydrogen-bond acceptors (Lipinski definition) is 7. The van der Waals surface area contributed by atoms with Gasteiger partial charge in [0.1, 0.15) is 5.69 Å². The summed E-state index contributed by atoms with van der Waals surface area (Å²) in [6, 6.07) is 10.2. The predicted octanol–water partition coefficient (Wildman–Crippen LogP) is 3.17. The third-order valence-electron chi connectivity index (χ3n) is 5.37. The standard InChI is InChI=1S/C23H23N7O4/c1-13-10-16(29(2)27-13)23(32)24-15-6-7-17(33-3)18(11-15)34-21-9-8-20-25-19(12-30(20)28-21)26-22(31)14-4-5-14/h6-12,14H,4-5H2,1-3H3,(H,24,32)(H,26,31). The number of nitrogens with one attached hydrogen (secondary N) is 2. The van der Waals surface area contributed by atoms with Gasteiger partial charge < -0.3 is 20.1 Å². The molecule has 0 atom stereocenters. The van der Waals surface area contributed by atoms with Gasteiger partial charge in [-0.25, -0.2) is 9.50 Å². The molecule has 1 aromatic carbocycles. The largest absolute Gasteiger partial charge is 0.493 e. The lowest BCUT2D eigenvalue weighted by atomic mass is 10.2. The van der Waals surface area contributed by atoms with E-state index in [1.165, 1.54) is 16.3 Å². The number of aromatic nitrogens is 5. The van der Waals surface area contributed by atoms with E-state index in [-0.39, 0.29) is 23.6 Å². The number of methoxy groups -OCH3 is 1. The van der Waals surface area contributed by atoms with E-state index in [0.29, 0.717) is 34.3 Å². The molecule has 0 unspecified atom stereocenters. The molecule has 11 heteroatoms. The van der Waals surface area contributed by atoms with Crippen LogP contribution in [0.25, 0.3) is 5.65 Å². The Hall–Kier alpha value is -4.41. The van der Waals surface area contributed by atoms with Gasteiger partial charge in [-0.15, -0.1) is 5.10 Å². The van der Waals surface area contributed by atoms with Crippen LogP contribution in [0.5, 0.6) is 17.4 Å². The maximum Gasteiger partial charge on any atom is 0.273 e. The van der Waals surface area contributed by atoms with Crippen LogP contribution in [-0.4, -0.2) is 43.3 Å². The fourth-order valence-electron chi connectivity index (χ4n) is 3.52. The molecule has 2 N–H and O–H groups in total. The zero-order chi connectivity index (χ0) is 23.8. The van der Waals surface area contributed by atoms with Gasteiger partial charge in [0.05, 0.1) is 19.0 Å².